The molecule has 0 amide bonds. The minimum absolute atomic E-state index is 0. The molecule has 1 aromatic heterocycles. The van der Waals surface area contributed by atoms with E-state index >= 15 is 0 Å². The fourth-order valence-electron chi connectivity index (χ4n) is 3.56. The molecule has 0 radical (unpaired) electrons. The lowest BCUT2D eigenvalue weighted by Gasteiger charge is -2.34. The smallest absolute Gasteiger partial charge is 0.191 e. The van der Waals surface area contributed by atoms with Crippen LogP contribution in [0.1, 0.15) is 19.3 Å². The predicted molar refractivity (Wildman–Crippen MR) is 115 cm³/mol. The summed E-state index contributed by atoms with van der Waals surface area (Å²) < 4.78 is 24.9. The van der Waals surface area contributed by atoms with E-state index in [2.05, 4.69) is 25.6 Å². The second-order valence-corrected chi connectivity index (χ2v) is 9.25. The third-order valence-electron chi connectivity index (χ3n) is 4.93. The van der Waals surface area contributed by atoms with Gasteiger partial charge < -0.3 is 15.5 Å². The zero-order valence-electron chi connectivity index (χ0n) is 15.4. The lowest BCUT2D eigenvalue weighted by molar-refractivity contribution is 0.465. The summed E-state index contributed by atoms with van der Waals surface area (Å²) in [6.45, 7) is 2.60. The highest BCUT2D eigenvalue weighted by atomic mass is 127. The van der Waals surface area contributed by atoms with Crippen molar-refractivity contribution in [1.29, 1.82) is 0 Å². The zero-order valence-corrected chi connectivity index (χ0v) is 18.5. The summed E-state index contributed by atoms with van der Waals surface area (Å²) in [6, 6.07) is 0.312. The third-order valence-corrected chi connectivity index (χ3v) is 6.76. The maximum Gasteiger partial charge on any atom is 0.191 e. The van der Waals surface area contributed by atoms with E-state index in [1.165, 1.54) is 0 Å². The van der Waals surface area contributed by atoms with Crippen molar-refractivity contribution in [2.45, 2.75) is 25.3 Å². The Kier molecular flexibility index (Phi) is 7.56. The monoisotopic (exact) mass is 496 g/mol. The quantitative estimate of drug-likeness (QED) is 0.361. The molecule has 2 atom stereocenters. The summed E-state index contributed by atoms with van der Waals surface area (Å²) in [5.41, 5.74) is 1.15. The number of piperidine rings is 1. The topological polar surface area (TPSA) is 91.6 Å². The van der Waals surface area contributed by atoms with Crippen molar-refractivity contribution in [2.75, 3.05) is 43.1 Å². The molecule has 1 aromatic rings. The first-order valence-electron chi connectivity index (χ1n) is 8.86. The Bertz CT molecular complexity index is 720. The normalized spacial score (nSPS) is 25.6. The summed E-state index contributed by atoms with van der Waals surface area (Å²) in [4.78, 5) is 6.63. The Hall–Kier alpha value is -1.04. The molecule has 3 rings (SSSR count). The van der Waals surface area contributed by atoms with Crippen LogP contribution in [0.2, 0.25) is 0 Å². The summed E-state index contributed by atoms with van der Waals surface area (Å²) in [6.07, 6.45) is 6.89. The van der Waals surface area contributed by atoms with Gasteiger partial charge in [0.15, 0.2) is 15.8 Å². The van der Waals surface area contributed by atoms with E-state index in [0.717, 1.165) is 44.0 Å². The minimum Gasteiger partial charge on any atom is -0.367 e. The van der Waals surface area contributed by atoms with Crippen LogP contribution in [0.4, 0.5) is 5.69 Å². The molecule has 2 N–H and O–H groups in total. The number of halogens is 1. The van der Waals surface area contributed by atoms with Gasteiger partial charge in [-0.25, -0.2) is 8.42 Å². The Labute approximate surface area is 172 Å². The van der Waals surface area contributed by atoms with Gasteiger partial charge in [-0.2, -0.15) is 5.10 Å². The number of hydrogen-bond acceptors (Lipinski definition) is 5. The summed E-state index contributed by atoms with van der Waals surface area (Å²) in [5, 5.41) is 11.0. The van der Waals surface area contributed by atoms with E-state index in [4.69, 9.17) is 0 Å². The molecule has 2 unspecified atom stereocenters. The fourth-order valence-corrected chi connectivity index (χ4v) is 5.42. The van der Waals surface area contributed by atoms with Crippen LogP contribution in [0.5, 0.6) is 0 Å². The number of anilines is 1. The summed E-state index contributed by atoms with van der Waals surface area (Å²) in [7, 11) is 0.853. The van der Waals surface area contributed by atoms with Crippen LogP contribution < -0.4 is 15.5 Å². The molecular formula is C16H29IN6O2S. The molecule has 0 aromatic carbocycles. The van der Waals surface area contributed by atoms with Crippen molar-refractivity contribution >= 4 is 45.5 Å². The van der Waals surface area contributed by atoms with Crippen LogP contribution in [-0.2, 0) is 16.9 Å². The zero-order chi connectivity index (χ0) is 17.9. The van der Waals surface area contributed by atoms with Crippen molar-refractivity contribution in [1.82, 2.24) is 20.4 Å². The lowest BCUT2D eigenvalue weighted by atomic mass is 10.1. The second kappa shape index (κ2) is 9.25. The van der Waals surface area contributed by atoms with E-state index < -0.39 is 9.84 Å². The summed E-state index contributed by atoms with van der Waals surface area (Å²) in [5.74, 6) is 1.53. The molecule has 10 heteroatoms. The van der Waals surface area contributed by atoms with Crippen molar-refractivity contribution in [3.8, 4) is 0 Å². The first kappa shape index (κ1) is 21.3. The maximum absolute atomic E-state index is 11.6. The van der Waals surface area contributed by atoms with Gasteiger partial charge in [0, 0.05) is 46.0 Å². The number of sulfone groups is 1. The van der Waals surface area contributed by atoms with Gasteiger partial charge in [0.2, 0.25) is 0 Å². The number of aromatic nitrogens is 2. The van der Waals surface area contributed by atoms with Crippen molar-refractivity contribution < 1.29 is 8.42 Å². The molecule has 26 heavy (non-hydrogen) atoms. The highest BCUT2D eigenvalue weighted by Crippen LogP contribution is 2.19. The first-order valence-corrected chi connectivity index (χ1v) is 10.7. The van der Waals surface area contributed by atoms with Crippen LogP contribution in [0.3, 0.4) is 0 Å². The molecule has 0 saturated carbocycles. The van der Waals surface area contributed by atoms with Crippen molar-refractivity contribution in [3.63, 3.8) is 0 Å². The fraction of sp³-hybridized carbons (Fsp3) is 0.750. The number of nitrogens with one attached hydrogen (secondary N) is 2. The molecule has 2 saturated heterocycles. The maximum atomic E-state index is 11.6. The van der Waals surface area contributed by atoms with E-state index in [-0.39, 0.29) is 35.6 Å². The number of nitrogens with zero attached hydrogens (tertiary/aromatic N) is 4. The van der Waals surface area contributed by atoms with Gasteiger partial charge in [-0.15, -0.1) is 24.0 Å². The summed E-state index contributed by atoms with van der Waals surface area (Å²) >= 11 is 0. The molecular weight excluding hydrogens is 467 g/mol. The van der Waals surface area contributed by atoms with Crippen LogP contribution in [0.25, 0.3) is 0 Å². The number of rotatable bonds is 4. The number of aryl methyl sites for hydroxylation is 1. The molecule has 0 aliphatic carbocycles. The van der Waals surface area contributed by atoms with Crippen LogP contribution in [0, 0.1) is 5.92 Å². The van der Waals surface area contributed by atoms with E-state index in [0.29, 0.717) is 18.3 Å². The van der Waals surface area contributed by atoms with Crippen molar-refractivity contribution in [3.05, 3.63) is 12.4 Å². The van der Waals surface area contributed by atoms with Crippen LogP contribution >= 0.6 is 24.0 Å². The van der Waals surface area contributed by atoms with Gasteiger partial charge in [-0.05, 0) is 25.2 Å². The SMILES string of the molecule is CN=C(NCC1CCS(=O)(=O)C1)NC1CCCN(c2cnn(C)c2)C1.I. The van der Waals surface area contributed by atoms with E-state index in [9.17, 15) is 8.42 Å². The predicted octanol–water partition coefficient (Wildman–Crippen LogP) is 0.607. The van der Waals surface area contributed by atoms with E-state index in [1.54, 1.807) is 7.05 Å². The number of aliphatic imine (C=N–C) groups is 1. The largest absolute Gasteiger partial charge is 0.367 e. The van der Waals surface area contributed by atoms with Gasteiger partial charge in [-0.1, -0.05) is 0 Å². The van der Waals surface area contributed by atoms with Gasteiger partial charge in [0.05, 0.1) is 23.4 Å². The molecule has 3 heterocycles. The molecule has 2 fully saturated rings. The van der Waals surface area contributed by atoms with Gasteiger partial charge in [-0.3, -0.25) is 9.67 Å². The van der Waals surface area contributed by atoms with Crippen LogP contribution in [0.15, 0.2) is 17.4 Å². The molecule has 148 valence electrons. The van der Waals surface area contributed by atoms with Gasteiger partial charge >= 0.3 is 0 Å². The average Bonchev–Trinajstić information content (AvgIpc) is 3.17. The number of hydrogen-bond donors (Lipinski definition) is 2. The number of guanidine groups is 1. The Morgan fingerprint density at radius 1 is 1.42 bits per heavy atom. The second-order valence-electron chi connectivity index (χ2n) is 7.02. The standard InChI is InChI=1S/C16H28N6O2S.HI/c1-17-16(18-8-13-5-7-25(23,24)12-13)20-14-4-3-6-22(10-14)15-9-19-21(2)11-15;/h9,11,13-14H,3-8,10,12H2,1-2H3,(H2,17,18,20);1H. The third kappa shape index (κ3) is 5.73. The lowest BCUT2D eigenvalue weighted by Crippen LogP contribution is -2.51. The molecule has 2 aliphatic rings. The van der Waals surface area contributed by atoms with Crippen molar-refractivity contribution in [2.24, 2.45) is 18.0 Å². The van der Waals surface area contributed by atoms with Crippen LogP contribution in [-0.4, -0.2) is 68.4 Å². The average molecular weight is 496 g/mol. The Morgan fingerprint density at radius 3 is 2.85 bits per heavy atom. The Balaban J connectivity index is 0.00000243. The first-order chi connectivity index (χ1) is 11.9. The highest BCUT2D eigenvalue weighted by Gasteiger charge is 2.28. The highest BCUT2D eigenvalue weighted by molar-refractivity contribution is 14.0. The molecule has 0 spiro atoms. The molecule has 0 bridgehead atoms. The molecule has 8 nitrogen and oxygen atoms in total. The van der Waals surface area contributed by atoms with Gasteiger partial charge in [0.1, 0.15) is 0 Å². The van der Waals surface area contributed by atoms with Gasteiger partial charge in [0.25, 0.3) is 0 Å². The van der Waals surface area contributed by atoms with E-state index in [1.807, 2.05) is 24.1 Å². The molecule has 2 aliphatic heterocycles. The Morgan fingerprint density at radius 2 is 2.23 bits per heavy atom. The minimum atomic E-state index is -2.83.